The van der Waals surface area contributed by atoms with Gasteiger partial charge in [-0.3, -0.25) is 14.6 Å². The van der Waals surface area contributed by atoms with Gasteiger partial charge in [-0.15, -0.1) is 0 Å². The molecular weight excluding hydrogens is 406 g/mol. The molecule has 2 aromatic rings. The van der Waals surface area contributed by atoms with Gasteiger partial charge in [0.05, 0.1) is 23.6 Å². The molecule has 160 valence electrons. The summed E-state index contributed by atoms with van der Waals surface area (Å²) in [6.45, 7) is 1.95. The molecule has 9 heteroatoms. The lowest BCUT2D eigenvalue weighted by atomic mass is 9.90. The lowest BCUT2D eigenvalue weighted by Crippen LogP contribution is -2.43. The van der Waals surface area contributed by atoms with Crippen LogP contribution in [-0.2, 0) is 14.6 Å². The number of rotatable bonds is 4. The summed E-state index contributed by atoms with van der Waals surface area (Å²) in [4.78, 5) is 30.9. The van der Waals surface area contributed by atoms with Crippen molar-refractivity contribution in [3.63, 3.8) is 0 Å². The molecule has 8 nitrogen and oxygen atoms in total. The van der Waals surface area contributed by atoms with E-state index in [2.05, 4.69) is 10.3 Å². The van der Waals surface area contributed by atoms with E-state index in [0.29, 0.717) is 43.3 Å². The summed E-state index contributed by atoms with van der Waals surface area (Å²) in [5, 5.41) is 3.83. The maximum Gasteiger partial charge on any atom is 0.287 e. The minimum Gasteiger partial charge on any atom is -0.449 e. The van der Waals surface area contributed by atoms with E-state index in [0.717, 1.165) is 24.6 Å². The topological polar surface area (TPSA) is 110 Å². The first-order chi connectivity index (χ1) is 14.4. The number of fused-ring (bicyclic) bond motifs is 1. The summed E-state index contributed by atoms with van der Waals surface area (Å²) in [6, 6.07) is 3.53. The van der Waals surface area contributed by atoms with Crippen LogP contribution >= 0.6 is 0 Å². The second-order valence-electron chi connectivity index (χ2n) is 8.92. The Kier molecular flexibility index (Phi) is 4.61. The third-order valence-electron chi connectivity index (χ3n) is 7.07. The number of furan rings is 1. The van der Waals surface area contributed by atoms with Gasteiger partial charge in [-0.05, 0) is 49.1 Å². The van der Waals surface area contributed by atoms with Crippen LogP contribution in [0, 0.1) is 17.3 Å². The maximum atomic E-state index is 12.6. The summed E-state index contributed by atoms with van der Waals surface area (Å²) >= 11 is 0. The van der Waals surface area contributed by atoms with E-state index < -0.39 is 9.84 Å². The molecule has 1 saturated carbocycles. The minimum atomic E-state index is -3.04. The molecule has 0 radical (unpaired) electrons. The molecule has 2 unspecified atom stereocenters. The maximum absolute atomic E-state index is 12.6. The van der Waals surface area contributed by atoms with E-state index in [1.54, 1.807) is 18.5 Å². The molecule has 2 amide bonds. The number of carbonyl (C=O) groups excluding carboxylic acids is 2. The number of nitrogens with one attached hydrogen (secondary N) is 1. The Hall–Kier alpha value is -2.42. The molecule has 5 rings (SSSR count). The van der Waals surface area contributed by atoms with Gasteiger partial charge < -0.3 is 14.6 Å². The van der Waals surface area contributed by atoms with E-state index in [-0.39, 0.29) is 34.7 Å². The standard InChI is InChI=1S/C21H25N3O5S/c25-19(17-9-14-1-5-22-12-18(14)29-17)23-11-16-10-21(16)3-6-24(7-4-21)20(26)15-2-8-30(27,28)13-15/h1,5,9,12,15-16H,2-4,6-8,10-11,13H2,(H,23,25). The van der Waals surface area contributed by atoms with Crippen molar-refractivity contribution in [1.29, 1.82) is 0 Å². The first-order valence-corrected chi connectivity index (χ1v) is 12.3. The number of hydrogen-bond acceptors (Lipinski definition) is 6. The van der Waals surface area contributed by atoms with Gasteiger partial charge in [0.1, 0.15) is 0 Å². The monoisotopic (exact) mass is 431 g/mol. The predicted octanol–water partition coefficient (Wildman–Crippen LogP) is 1.62. The zero-order valence-electron chi connectivity index (χ0n) is 16.7. The molecule has 2 aliphatic heterocycles. The number of carbonyl (C=O) groups is 2. The first-order valence-electron chi connectivity index (χ1n) is 10.5. The van der Waals surface area contributed by atoms with Crippen LogP contribution in [-0.4, -0.2) is 61.3 Å². The number of amides is 2. The number of nitrogens with zero attached hydrogens (tertiary/aromatic N) is 2. The zero-order chi connectivity index (χ0) is 20.9. The second-order valence-corrected chi connectivity index (χ2v) is 11.2. The normalized spacial score (nSPS) is 26.7. The summed E-state index contributed by atoms with van der Waals surface area (Å²) in [5.41, 5.74) is 0.793. The van der Waals surface area contributed by atoms with E-state index in [1.165, 1.54) is 0 Å². The fourth-order valence-corrected chi connectivity index (χ4v) is 6.79. The highest BCUT2D eigenvalue weighted by Gasteiger charge is 2.55. The summed E-state index contributed by atoms with van der Waals surface area (Å²) in [5.74, 6) is 0.248. The average Bonchev–Trinajstić information content (AvgIpc) is 3.06. The lowest BCUT2D eigenvalue weighted by molar-refractivity contribution is -0.136. The fourth-order valence-electron chi connectivity index (χ4n) is 5.05. The third kappa shape index (κ3) is 3.59. The third-order valence-corrected chi connectivity index (χ3v) is 8.84. The van der Waals surface area contributed by atoms with Gasteiger partial charge in [-0.2, -0.15) is 0 Å². The quantitative estimate of drug-likeness (QED) is 0.788. The molecule has 3 fully saturated rings. The fraction of sp³-hybridized carbons (Fsp3) is 0.571. The summed E-state index contributed by atoms with van der Waals surface area (Å²) < 4.78 is 28.9. The van der Waals surface area contributed by atoms with Crippen LogP contribution in [0.5, 0.6) is 0 Å². The van der Waals surface area contributed by atoms with Gasteiger partial charge in [0.25, 0.3) is 5.91 Å². The van der Waals surface area contributed by atoms with Gasteiger partial charge in [0.15, 0.2) is 21.2 Å². The second kappa shape index (κ2) is 7.08. The molecule has 2 saturated heterocycles. The molecule has 0 aromatic carbocycles. The summed E-state index contributed by atoms with van der Waals surface area (Å²) in [6.07, 6.45) is 6.59. The Balaban J connectivity index is 1.11. The van der Waals surface area contributed by atoms with Crippen molar-refractivity contribution in [2.45, 2.75) is 25.7 Å². The van der Waals surface area contributed by atoms with E-state index in [4.69, 9.17) is 4.42 Å². The van der Waals surface area contributed by atoms with Crippen LogP contribution in [0.2, 0.25) is 0 Å². The van der Waals surface area contributed by atoms with E-state index in [9.17, 15) is 18.0 Å². The molecule has 2 aromatic heterocycles. The highest BCUT2D eigenvalue weighted by Crippen LogP contribution is 2.59. The van der Waals surface area contributed by atoms with Crippen LogP contribution in [0.25, 0.3) is 11.0 Å². The van der Waals surface area contributed by atoms with Crippen molar-refractivity contribution in [3.05, 3.63) is 30.3 Å². The van der Waals surface area contributed by atoms with E-state index in [1.807, 2.05) is 11.0 Å². The Morgan fingerprint density at radius 3 is 2.80 bits per heavy atom. The number of hydrogen-bond donors (Lipinski definition) is 1. The van der Waals surface area contributed by atoms with Crippen molar-refractivity contribution in [2.75, 3.05) is 31.1 Å². The molecule has 1 N–H and O–H groups in total. The van der Waals surface area contributed by atoms with Crippen molar-refractivity contribution in [2.24, 2.45) is 17.3 Å². The molecule has 30 heavy (non-hydrogen) atoms. The van der Waals surface area contributed by atoms with Crippen LogP contribution < -0.4 is 5.32 Å². The smallest absolute Gasteiger partial charge is 0.287 e. The number of likely N-dealkylation sites (tertiary alicyclic amines) is 1. The highest BCUT2D eigenvalue weighted by molar-refractivity contribution is 7.91. The van der Waals surface area contributed by atoms with Crippen molar-refractivity contribution in [1.82, 2.24) is 15.2 Å². The Bertz CT molecular complexity index is 1070. The number of aromatic nitrogens is 1. The van der Waals surface area contributed by atoms with Crippen molar-refractivity contribution < 1.29 is 22.4 Å². The Morgan fingerprint density at radius 1 is 1.30 bits per heavy atom. The van der Waals surface area contributed by atoms with Gasteiger partial charge in [-0.25, -0.2) is 8.42 Å². The van der Waals surface area contributed by atoms with Gasteiger partial charge in [-0.1, -0.05) is 0 Å². The van der Waals surface area contributed by atoms with Gasteiger partial charge >= 0.3 is 0 Å². The van der Waals surface area contributed by atoms with Gasteiger partial charge in [0.2, 0.25) is 5.91 Å². The minimum absolute atomic E-state index is 0.0000143. The van der Waals surface area contributed by atoms with Crippen LogP contribution in [0.4, 0.5) is 0 Å². The predicted molar refractivity (Wildman–Crippen MR) is 109 cm³/mol. The van der Waals surface area contributed by atoms with Crippen molar-refractivity contribution >= 4 is 32.6 Å². The lowest BCUT2D eigenvalue weighted by Gasteiger charge is -2.34. The molecular formula is C21H25N3O5S. The van der Waals surface area contributed by atoms with Crippen LogP contribution in [0.1, 0.15) is 36.2 Å². The Labute approximate surface area is 174 Å². The average molecular weight is 432 g/mol. The highest BCUT2D eigenvalue weighted by atomic mass is 32.2. The number of piperidine rings is 1. The number of pyridine rings is 1. The van der Waals surface area contributed by atoms with Gasteiger partial charge in [0, 0.05) is 31.2 Å². The van der Waals surface area contributed by atoms with Crippen LogP contribution in [0.3, 0.4) is 0 Å². The largest absolute Gasteiger partial charge is 0.449 e. The molecule has 2 atom stereocenters. The summed E-state index contributed by atoms with van der Waals surface area (Å²) in [7, 11) is -3.04. The molecule has 0 bridgehead atoms. The van der Waals surface area contributed by atoms with E-state index >= 15 is 0 Å². The SMILES string of the molecule is O=C(NCC1CC12CCN(C(=O)C1CCS(=O)(=O)C1)CC2)c1cc2ccncc2o1. The molecule has 3 aliphatic rings. The number of sulfone groups is 1. The van der Waals surface area contributed by atoms with Crippen LogP contribution in [0.15, 0.2) is 28.9 Å². The molecule has 1 spiro atoms. The van der Waals surface area contributed by atoms with Crippen molar-refractivity contribution in [3.8, 4) is 0 Å². The first kappa shape index (κ1) is 19.5. The molecule has 4 heterocycles. The Morgan fingerprint density at radius 2 is 2.10 bits per heavy atom. The zero-order valence-corrected chi connectivity index (χ0v) is 17.5. The molecule has 1 aliphatic carbocycles.